The molecule has 1 aromatic carbocycles. The number of hydroxylamine groups is 1. The number of aromatic amines is 1. The van der Waals surface area contributed by atoms with E-state index in [0.29, 0.717) is 5.69 Å². The van der Waals surface area contributed by atoms with Gasteiger partial charge >= 0.3 is 0 Å². The van der Waals surface area contributed by atoms with Crippen molar-refractivity contribution in [1.29, 1.82) is 0 Å². The number of carbonyl (C=O) groups excluding carboxylic acids is 1. The molecule has 0 bridgehead atoms. The minimum absolute atomic E-state index is 0.0265. The highest BCUT2D eigenvalue weighted by atomic mass is 16.6. The number of hydrogen-bond donors (Lipinski definition) is 2. The summed E-state index contributed by atoms with van der Waals surface area (Å²) in [6.07, 6.45) is 1.37. The van der Waals surface area contributed by atoms with Crippen LogP contribution in [-0.2, 0) is 11.4 Å². The summed E-state index contributed by atoms with van der Waals surface area (Å²) < 4.78 is 0. The van der Waals surface area contributed by atoms with Crippen LogP contribution in [0.15, 0.2) is 47.4 Å². The Bertz CT molecular complexity index is 620. The Morgan fingerprint density at radius 2 is 2.05 bits per heavy atom. The monoisotopic (exact) mass is 258 g/mol. The molecule has 0 saturated heterocycles. The van der Waals surface area contributed by atoms with Crippen molar-refractivity contribution in [3.63, 3.8) is 0 Å². The molecule has 5 heteroatoms. The molecular formula is C14H14N2O3. The number of aryl methyl sites for hydroxylation is 1. The molecule has 1 heterocycles. The summed E-state index contributed by atoms with van der Waals surface area (Å²) in [7, 11) is 0. The quantitative estimate of drug-likeness (QED) is 0.817. The smallest absolute Gasteiger partial charge is 0.280 e. The van der Waals surface area contributed by atoms with E-state index < -0.39 is 5.91 Å². The highest BCUT2D eigenvalue weighted by Crippen LogP contribution is 1.99. The van der Waals surface area contributed by atoms with E-state index in [1.54, 1.807) is 6.92 Å². The molecule has 2 N–H and O–H groups in total. The molecule has 0 saturated carbocycles. The van der Waals surface area contributed by atoms with Crippen LogP contribution in [0.4, 0.5) is 0 Å². The fraction of sp³-hybridized carbons (Fsp3) is 0.143. The standard InChI is InChI=1S/C14H14N2O3/c1-10-7-13(17)12(8-15-10)14(18)16-19-9-11-5-3-2-4-6-11/h2-8H,9H2,1H3,(H,15,17)(H,16,18). The minimum Gasteiger partial charge on any atom is -0.364 e. The van der Waals surface area contributed by atoms with Crippen LogP contribution < -0.4 is 10.9 Å². The second-order valence-electron chi connectivity index (χ2n) is 4.10. The molecule has 0 atom stereocenters. The molecule has 1 aromatic heterocycles. The molecule has 2 aromatic rings. The maximum atomic E-state index is 11.7. The van der Waals surface area contributed by atoms with Crippen LogP contribution in [0.2, 0.25) is 0 Å². The lowest BCUT2D eigenvalue weighted by Crippen LogP contribution is -2.28. The first-order valence-corrected chi connectivity index (χ1v) is 5.82. The van der Waals surface area contributed by atoms with Crippen molar-refractivity contribution >= 4 is 5.91 Å². The zero-order valence-electron chi connectivity index (χ0n) is 10.5. The molecule has 5 nitrogen and oxygen atoms in total. The Hall–Kier alpha value is -2.40. The van der Waals surface area contributed by atoms with E-state index in [1.165, 1.54) is 12.3 Å². The molecule has 0 aliphatic rings. The van der Waals surface area contributed by atoms with Gasteiger partial charge in [0.2, 0.25) is 0 Å². The number of amides is 1. The van der Waals surface area contributed by atoms with E-state index in [0.717, 1.165) is 5.56 Å². The number of hydrogen-bond acceptors (Lipinski definition) is 3. The topological polar surface area (TPSA) is 71.2 Å². The van der Waals surface area contributed by atoms with Gasteiger partial charge in [-0.1, -0.05) is 30.3 Å². The molecule has 0 unspecified atom stereocenters. The van der Waals surface area contributed by atoms with Crippen molar-refractivity contribution < 1.29 is 9.63 Å². The van der Waals surface area contributed by atoms with E-state index in [9.17, 15) is 9.59 Å². The van der Waals surface area contributed by atoms with Crippen LogP contribution in [0.3, 0.4) is 0 Å². The first-order chi connectivity index (χ1) is 9.16. The van der Waals surface area contributed by atoms with Crippen molar-refractivity contribution in [2.45, 2.75) is 13.5 Å². The predicted molar refractivity (Wildman–Crippen MR) is 70.5 cm³/mol. The van der Waals surface area contributed by atoms with Gasteiger partial charge in [-0.25, -0.2) is 5.48 Å². The number of rotatable bonds is 4. The number of carbonyl (C=O) groups is 1. The van der Waals surface area contributed by atoms with Crippen molar-refractivity contribution in [2.75, 3.05) is 0 Å². The molecule has 98 valence electrons. The summed E-state index contributed by atoms with van der Waals surface area (Å²) in [6.45, 7) is 1.99. The van der Waals surface area contributed by atoms with E-state index >= 15 is 0 Å². The van der Waals surface area contributed by atoms with Gasteiger partial charge in [-0.2, -0.15) is 0 Å². The van der Waals surface area contributed by atoms with Crippen LogP contribution in [0.25, 0.3) is 0 Å². The predicted octanol–water partition coefficient (Wildman–Crippen LogP) is 1.54. The Balaban J connectivity index is 1.93. The average molecular weight is 258 g/mol. The molecule has 0 fully saturated rings. The van der Waals surface area contributed by atoms with Crippen molar-refractivity contribution in [3.8, 4) is 0 Å². The Labute approximate surface area is 110 Å². The van der Waals surface area contributed by atoms with Crippen LogP contribution in [-0.4, -0.2) is 10.9 Å². The van der Waals surface area contributed by atoms with Gasteiger partial charge in [0.05, 0.1) is 6.61 Å². The van der Waals surface area contributed by atoms with Crippen LogP contribution in [0.5, 0.6) is 0 Å². The van der Waals surface area contributed by atoms with E-state index in [2.05, 4.69) is 10.5 Å². The third kappa shape index (κ3) is 3.53. The normalized spacial score (nSPS) is 10.2. The fourth-order valence-corrected chi connectivity index (χ4v) is 1.56. The zero-order valence-corrected chi connectivity index (χ0v) is 10.5. The van der Waals surface area contributed by atoms with Gasteiger partial charge in [0.25, 0.3) is 5.91 Å². The molecule has 0 radical (unpaired) electrons. The second kappa shape index (κ2) is 5.97. The molecular weight excluding hydrogens is 244 g/mol. The largest absolute Gasteiger partial charge is 0.364 e. The maximum Gasteiger partial charge on any atom is 0.280 e. The Morgan fingerprint density at radius 3 is 2.74 bits per heavy atom. The molecule has 0 aliphatic heterocycles. The lowest BCUT2D eigenvalue weighted by Gasteiger charge is -2.05. The summed E-state index contributed by atoms with van der Waals surface area (Å²) in [5.41, 5.74) is 3.57. The first kappa shape index (κ1) is 13.0. The molecule has 0 spiro atoms. The third-order valence-corrected chi connectivity index (χ3v) is 2.55. The summed E-state index contributed by atoms with van der Waals surface area (Å²) >= 11 is 0. The fourth-order valence-electron chi connectivity index (χ4n) is 1.56. The average Bonchev–Trinajstić information content (AvgIpc) is 2.39. The number of benzene rings is 1. The van der Waals surface area contributed by atoms with Gasteiger partial charge in [0.1, 0.15) is 5.56 Å². The van der Waals surface area contributed by atoms with Gasteiger partial charge in [-0.05, 0) is 12.5 Å². The molecule has 1 amide bonds. The lowest BCUT2D eigenvalue weighted by atomic mass is 10.2. The van der Waals surface area contributed by atoms with Gasteiger partial charge in [-0.3, -0.25) is 14.4 Å². The second-order valence-corrected chi connectivity index (χ2v) is 4.10. The summed E-state index contributed by atoms with van der Waals surface area (Å²) in [6, 6.07) is 10.8. The lowest BCUT2D eigenvalue weighted by molar-refractivity contribution is 0.0232. The van der Waals surface area contributed by atoms with Crippen LogP contribution in [0, 0.1) is 6.92 Å². The van der Waals surface area contributed by atoms with Crippen molar-refractivity contribution in [3.05, 3.63) is 69.6 Å². The van der Waals surface area contributed by atoms with E-state index in [1.807, 2.05) is 30.3 Å². The van der Waals surface area contributed by atoms with Crippen molar-refractivity contribution in [2.24, 2.45) is 0 Å². The van der Waals surface area contributed by atoms with E-state index in [-0.39, 0.29) is 17.6 Å². The van der Waals surface area contributed by atoms with Crippen molar-refractivity contribution in [1.82, 2.24) is 10.5 Å². The Morgan fingerprint density at radius 1 is 1.32 bits per heavy atom. The first-order valence-electron chi connectivity index (χ1n) is 5.82. The van der Waals surface area contributed by atoms with Gasteiger partial charge in [0, 0.05) is 18.0 Å². The van der Waals surface area contributed by atoms with Gasteiger partial charge in [-0.15, -0.1) is 0 Å². The van der Waals surface area contributed by atoms with Gasteiger partial charge in [0.15, 0.2) is 5.43 Å². The number of H-pyrrole nitrogens is 1. The highest BCUT2D eigenvalue weighted by Gasteiger charge is 2.09. The Kier molecular flexibility index (Phi) is 4.10. The SMILES string of the molecule is Cc1cc(=O)c(C(=O)NOCc2ccccc2)c[nH]1. The van der Waals surface area contributed by atoms with Crippen LogP contribution in [0.1, 0.15) is 21.6 Å². The van der Waals surface area contributed by atoms with Gasteiger partial charge < -0.3 is 4.98 Å². The number of nitrogens with one attached hydrogen (secondary N) is 2. The zero-order chi connectivity index (χ0) is 13.7. The van der Waals surface area contributed by atoms with E-state index in [4.69, 9.17) is 4.84 Å². The summed E-state index contributed by atoms with van der Waals surface area (Å²) in [5.74, 6) is -0.558. The number of pyridine rings is 1. The maximum absolute atomic E-state index is 11.7. The minimum atomic E-state index is -0.558. The highest BCUT2D eigenvalue weighted by molar-refractivity contribution is 5.92. The summed E-state index contributed by atoms with van der Waals surface area (Å²) in [4.78, 5) is 31.2. The third-order valence-electron chi connectivity index (χ3n) is 2.55. The molecule has 0 aliphatic carbocycles. The number of aromatic nitrogens is 1. The molecule has 19 heavy (non-hydrogen) atoms. The molecule has 2 rings (SSSR count). The van der Waals surface area contributed by atoms with Crippen LogP contribution >= 0.6 is 0 Å². The summed E-state index contributed by atoms with van der Waals surface area (Å²) in [5, 5.41) is 0.